The van der Waals surface area contributed by atoms with Crippen molar-refractivity contribution in [3.63, 3.8) is 0 Å². The molecule has 2 aromatic heterocycles. The van der Waals surface area contributed by atoms with E-state index in [1.54, 1.807) is 36.7 Å². The molecule has 0 aliphatic carbocycles. The lowest BCUT2D eigenvalue weighted by molar-refractivity contribution is -0.136. The number of benzene rings is 1. The van der Waals surface area contributed by atoms with E-state index >= 15 is 0 Å². The molecule has 11 heteroatoms. The number of urea groups is 1. The Kier molecular flexibility index (Phi) is 6.63. The van der Waals surface area contributed by atoms with Gasteiger partial charge in [0.15, 0.2) is 5.82 Å². The zero-order valence-electron chi connectivity index (χ0n) is 15.6. The second kappa shape index (κ2) is 9.54. The molecule has 0 bridgehead atoms. The number of nitrogens with one attached hydrogen (secondary N) is 4. The number of pyridine rings is 1. The maximum Gasteiger partial charge on any atom is 0.418 e. The molecule has 0 saturated carbocycles. The molecule has 0 aliphatic rings. The molecule has 0 atom stereocenters. The van der Waals surface area contributed by atoms with Crippen LogP contribution in [0.1, 0.15) is 5.56 Å². The molecule has 2 amide bonds. The first-order valence-corrected chi connectivity index (χ1v) is 8.87. The number of halogens is 3. The summed E-state index contributed by atoms with van der Waals surface area (Å²) >= 11 is 0. The third kappa shape index (κ3) is 6.06. The lowest BCUT2D eigenvalue weighted by atomic mass is 10.1. The van der Waals surface area contributed by atoms with Crippen molar-refractivity contribution in [2.24, 2.45) is 0 Å². The molecule has 0 unspecified atom stereocenters. The smallest absolute Gasteiger partial charge is 0.367 e. The monoisotopic (exact) mass is 417 g/mol. The predicted octanol–water partition coefficient (Wildman–Crippen LogP) is 3.87. The Balaban J connectivity index is 1.42. The average Bonchev–Trinajstić information content (AvgIpc) is 2.73. The molecule has 3 rings (SSSR count). The van der Waals surface area contributed by atoms with Crippen LogP contribution in [0.25, 0.3) is 0 Å². The normalized spacial score (nSPS) is 10.9. The zero-order valence-corrected chi connectivity index (χ0v) is 15.6. The molecule has 3 aromatic rings. The van der Waals surface area contributed by atoms with Crippen LogP contribution >= 0.6 is 0 Å². The number of nitrogens with zero attached hydrogens (tertiary/aromatic N) is 3. The fraction of sp³-hybridized carbons (Fsp3) is 0.158. The van der Waals surface area contributed by atoms with Crippen molar-refractivity contribution >= 4 is 29.0 Å². The Hall–Kier alpha value is -3.89. The van der Waals surface area contributed by atoms with Crippen LogP contribution < -0.4 is 21.3 Å². The van der Waals surface area contributed by atoms with E-state index in [0.29, 0.717) is 18.2 Å². The first kappa shape index (κ1) is 20.8. The molecule has 0 fully saturated rings. The molecule has 0 radical (unpaired) electrons. The zero-order chi connectivity index (χ0) is 21.4. The van der Waals surface area contributed by atoms with Gasteiger partial charge < -0.3 is 21.3 Å². The summed E-state index contributed by atoms with van der Waals surface area (Å²) in [7, 11) is 0. The summed E-state index contributed by atoms with van der Waals surface area (Å²) in [5.41, 5.74) is -0.394. The molecule has 156 valence electrons. The number of anilines is 4. The van der Waals surface area contributed by atoms with Crippen LogP contribution in [-0.4, -0.2) is 34.3 Å². The fourth-order valence-electron chi connectivity index (χ4n) is 2.45. The van der Waals surface area contributed by atoms with E-state index in [4.69, 9.17) is 0 Å². The Morgan fingerprint density at radius 3 is 2.30 bits per heavy atom. The van der Waals surface area contributed by atoms with Gasteiger partial charge in [0.2, 0.25) is 0 Å². The molecule has 30 heavy (non-hydrogen) atoms. The van der Waals surface area contributed by atoms with Gasteiger partial charge in [-0.25, -0.2) is 4.79 Å². The summed E-state index contributed by atoms with van der Waals surface area (Å²) in [6.07, 6.45) is -1.25. The van der Waals surface area contributed by atoms with Crippen molar-refractivity contribution in [1.82, 2.24) is 20.5 Å². The van der Waals surface area contributed by atoms with Gasteiger partial charge in [-0.3, -0.25) is 4.98 Å². The van der Waals surface area contributed by atoms with E-state index in [-0.39, 0.29) is 12.2 Å². The minimum absolute atomic E-state index is 0.165. The molecule has 0 spiro atoms. The Labute approximate surface area is 169 Å². The quantitative estimate of drug-likeness (QED) is 0.435. The minimum Gasteiger partial charge on any atom is -0.367 e. The van der Waals surface area contributed by atoms with Gasteiger partial charge in [-0.2, -0.15) is 13.2 Å². The minimum atomic E-state index is -4.55. The van der Waals surface area contributed by atoms with Crippen molar-refractivity contribution in [2.75, 3.05) is 29.0 Å². The maximum absolute atomic E-state index is 12.9. The number of rotatable bonds is 7. The molecular weight excluding hydrogens is 399 g/mol. The fourth-order valence-corrected chi connectivity index (χ4v) is 2.45. The number of amides is 2. The lowest BCUT2D eigenvalue weighted by Crippen LogP contribution is -2.33. The Bertz CT molecular complexity index is 966. The van der Waals surface area contributed by atoms with E-state index in [0.717, 1.165) is 11.8 Å². The van der Waals surface area contributed by atoms with E-state index in [9.17, 15) is 18.0 Å². The summed E-state index contributed by atoms with van der Waals surface area (Å²) in [4.78, 5) is 15.8. The van der Waals surface area contributed by atoms with Crippen molar-refractivity contribution < 1.29 is 18.0 Å². The molecule has 4 N–H and O–H groups in total. The van der Waals surface area contributed by atoms with Crippen molar-refractivity contribution in [3.05, 3.63) is 66.5 Å². The standard InChI is InChI=1S/C19H18F3N7O/c20-19(21,22)14-3-1-2-4-15(14)27-18(30)25-12-11-24-16-5-6-17(29-28-16)26-13-7-9-23-10-8-13/h1-10H,11-12H2,(H,24,28)(H,23,26,29)(H2,25,27,30). The van der Waals surface area contributed by atoms with Gasteiger partial charge >= 0.3 is 12.2 Å². The Morgan fingerprint density at radius 1 is 0.900 bits per heavy atom. The number of carbonyl (C=O) groups excluding carboxylic acids is 1. The highest BCUT2D eigenvalue weighted by molar-refractivity contribution is 5.90. The van der Waals surface area contributed by atoms with Crippen LogP contribution in [-0.2, 0) is 6.18 Å². The van der Waals surface area contributed by atoms with Crippen LogP contribution in [0.5, 0.6) is 0 Å². The summed E-state index contributed by atoms with van der Waals surface area (Å²) in [6, 6.07) is 11.0. The Morgan fingerprint density at radius 2 is 1.60 bits per heavy atom. The number of alkyl halides is 3. The van der Waals surface area contributed by atoms with E-state index in [1.165, 1.54) is 18.2 Å². The van der Waals surface area contributed by atoms with Gasteiger partial charge in [-0.1, -0.05) is 12.1 Å². The van der Waals surface area contributed by atoms with Crippen LogP contribution in [0.2, 0.25) is 0 Å². The molecular formula is C19H18F3N7O. The highest BCUT2D eigenvalue weighted by Gasteiger charge is 2.33. The molecule has 1 aromatic carbocycles. The van der Waals surface area contributed by atoms with Crippen LogP contribution in [0, 0.1) is 0 Å². The second-order valence-electron chi connectivity index (χ2n) is 6.02. The number of para-hydroxylation sites is 1. The van der Waals surface area contributed by atoms with Crippen LogP contribution in [0.15, 0.2) is 60.9 Å². The largest absolute Gasteiger partial charge is 0.418 e. The number of hydrogen-bond acceptors (Lipinski definition) is 6. The lowest BCUT2D eigenvalue weighted by Gasteiger charge is -2.14. The first-order chi connectivity index (χ1) is 14.4. The number of hydrogen-bond donors (Lipinski definition) is 4. The molecule has 8 nitrogen and oxygen atoms in total. The highest BCUT2D eigenvalue weighted by Crippen LogP contribution is 2.34. The van der Waals surface area contributed by atoms with Gasteiger partial charge in [-0.15, -0.1) is 10.2 Å². The van der Waals surface area contributed by atoms with Gasteiger partial charge in [0, 0.05) is 31.2 Å². The highest BCUT2D eigenvalue weighted by atomic mass is 19.4. The second-order valence-corrected chi connectivity index (χ2v) is 6.02. The van der Waals surface area contributed by atoms with Gasteiger partial charge in [0.05, 0.1) is 11.3 Å². The maximum atomic E-state index is 12.9. The first-order valence-electron chi connectivity index (χ1n) is 8.87. The van der Waals surface area contributed by atoms with E-state index < -0.39 is 17.8 Å². The summed E-state index contributed by atoms with van der Waals surface area (Å²) in [5, 5.41) is 18.7. The van der Waals surface area contributed by atoms with Gasteiger partial charge in [0.1, 0.15) is 5.82 Å². The summed E-state index contributed by atoms with van der Waals surface area (Å²) in [6.45, 7) is 0.471. The van der Waals surface area contributed by atoms with E-state index in [1.807, 2.05) is 0 Å². The van der Waals surface area contributed by atoms with Crippen molar-refractivity contribution in [3.8, 4) is 0 Å². The molecule has 2 heterocycles. The third-order valence-corrected chi connectivity index (χ3v) is 3.81. The number of carbonyl (C=O) groups is 1. The number of aromatic nitrogens is 3. The molecule has 0 aliphatic heterocycles. The van der Waals surface area contributed by atoms with Crippen LogP contribution in [0.3, 0.4) is 0 Å². The summed E-state index contributed by atoms with van der Waals surface area (Å²) < 4.78 is 38.8. The SMILES string of the molecule is O=C(NCCNc1ccc(Nc2ccncc2)nn1)Nc1ccccc1C(F)(F)F. The third-order valence-electron chi connectivity index (χ3n) is 3.81. The van der Waals surface area contributed by atoms with E-state index in [2.05, 4.69) is 36.4 Å². The molecule has 0 saturated heterocycles. The van der Waals surface area contributed by atoms with Crippen molar-refractivity contribution in [2.45, 2.75) is 6.18 Å². The topological polar surface area (TPSA) is 104 Å². The predicted molar refractivity (Wildman–Crippen MR) is 107 cm³/mol. The summed E-state index contributed by atoms with van der Waals surface area (Å²) in [5.74, 6) is 1.03. The van der Waals surface area contributed by atoms with Gasteiger partial charge in [-0.05, 0) is 36.4 Å². The average molecular weight is 417 g/mol. The van der Waals surface area contributed by atoms with Crippen molar-refractivity contribution in [1.29, 1.82) is 0 Å². The van der Waals surface area contributed by atoms with Gasteiger partial charge in [0.25, 0.3) is 0 Å². The van der Waals surface area contributed by atoms with Crippen LogP contribution in [0.4, 0.5) is 41.0 Å².